The van der Waals surface area contributed by atoms with Crippen molar-refractivity contribution in [2.75, 3.05) is 0 Å². The van der Waals surface area contributed by atoms with Gasteiger partial charge in [0, 0.05) is 11.5 Å². The molecule has 0 saturated heterocycles. The first kappa shape index (κ1) is 12.9. The van der Waals surface area contributed by atoms with E-state index >= 15 is 0 Å². The molecule has 1 nitrogen and oxygen atoms in total. The number of carbonyl (C=O) groups is 1. The highest BCUT2D eigenvalue weighted by molar-refractivity contribution is 6.00. The number of hydrogen-bond donors (Lipinski definition) is 0. The van der Waals surface area contributed by atoms with Crippen LogP contribution < -0.4 is 0 Å². The van der Waals surface area contributed by atoms with Crippen molar-refractivity contribution < 1.29 is 4.79 Å². The number of hydrogen-bond acceptors (Lipinski definition) is 1. The average Bonchev–Trinajstić information content (AvgIpc) is 3.11. The smallest absolute Gasteiger partial charge is 0.166 e. The molecule has 0 spiro atoms. The predicted molar refractivity (Wildman–Crippen MR) is 78.0 cm³/mol. The number of benzene rings is 1. The van der Waals surface area contributed by atoms with Gasteiger partial charge in [-0.2, -0.15) is 0 Å². The molecule has 2 saturated carbocycles. The van der Waals surface area contributed by atoms with E-state index < -0.39 is 0 Å². The average molecular weight is 256 g/mol. The Bertz CT molecular complexity index is 468. The fraction of sp³-hybridized carbons (Fsp3) is 0.611. The van der Waals surface area contributed by atoms with Gasteiger partial charge in [0.25, 0.3) is 0 Å². The summed E-state index contributed by atoms with van der Waals surface area (Å²) in [6.45, 7) is 7.02. The molecular formula is C18H24O. The molecule has 2 aliphatic carbocycles. The third-order valence-electron chi connectivity index (χ3n) is 5.32. The summed E-state index contributed by atoms with van der Waals surface area (Å²) in [5.41, 5.74) is 1.31. The van der Waals surface area contributed by atoms with E-state index in [1.807, 2.05) is 30.3 Å². The van der Waals surface area contributed by atoms with E-state index in [-0.39, 0.29) is 0 Å². The Labute approximate surface area is 116 Å². The van der Waals surface area contributed by atoms with Gasteiger partial charge in [0.05, 0.1) is 0 Å². The van der Waals surface area contributed by atoms with E-state index in [2.05, 4.69) is 20.8 Å². The van der Waals surface area contributed by atoms with Crippen molar-refractivity contribution in [3.05, 3.63) is 35.9 Å². The van der Waals surface area contributed by atoms with E-state index in [1.54, 1.807) is 0 Å². The molecule has 1 aromatic carbocycles. The van der Waals surface area contributed by atoms with E-state index in [1.165, 1.54) is 19.3 Å². The Morgan fingerprint density at radius 3 is 2.37 bits per heavy atom. The molecule has 0 bridgehead atoms. The molecule has 1 aromatic rings. The molecule has 0 amide bonds. The van der Waals surface area contributed by atoms with Crippen LogP contribution in [0.5, 0.6) is 0 Å². The highest BCUT2D eigenvalue weighted by Crippen LogP contribution is 2.60. The Balaban J connectivity index is 1.69. The Kier molecular flexibility index (Phi) is 3.03. The molecule has 0 aliphatic heterocycles. The molecule has 2 aliphatic rings. The maximum atomic E-state index is 12.5. The molecular weight excluding hydrogens is 232 g/mol. The Hall–Kier alpha value is -1.11. The molecule has 0 radical (unpaired) electrons. The number of ketones is 1. The third kappa shape index (κ3) is 2.35. The summed E-state index contributed by atoms with van der Waals surface area (Å²) in [5.74, 6) is 2.87. The van der Waals surface area contributed by atoms with E-state index in [0.717, 1.165) is 11.5 Å². The first-order valence-electron chi connectivity index (χ1n) is 7.58. The quantitative estimate of drug-likeness (QED) is 0.708. The summed E-state index contributed by atoms with van der Waals surface area (Å²) in [6.07, 6.45) is 3.83. The van der Waals surface area contributed by atoms with Gasteiger partial charge >= 0.3 is 0 Å². The molecule has 3 rings (SSSR count). The van der Waals surface area contributed by atoms with Crippen molar-refractivity contribution in [3.63, 3.8) is 0 Å². The molecule has 0 aromatic heterocycles. The molecule has 1 heteroatoms. The highest BCUT2D eigenvalue weighted by atomic mass is 16.1. The lowest BCUT2D eigenvalue weighted by Gasteiger charge is -2.33. The number of carbonyl (C=O) groups excluding carboxylic acids is 1. The van der Waals surface area contributed by atoms with Gasteiger partial charge in [-0.25, -0.2) is 0 Å². The molecule has 0 unspecified atom stereocenters. The minimum absolute atomic E-state index is 0.328. The van der Waals surface area contributed by atoms with E-state index in [9.17, 15) is 4.79 Å². The van der Waals surface area contributed by atoms with Gasteiger partial charge in [0.15, 0.2) is 5.78 Å². The fourth-order valence-electron chi connectivity index (χ4n) is 3.97. The van der Waals surface area contributed by atoms with Crippen LogP contribution >= 0.6 is 0 Å². The standard InChI is InChI=1S/C18H24O/c1-18(2,3)13-9-10-14-15(11-13)16(14)17(19)12-7-5-4-6-8-12/h4-8,13-16H,9-11H2,1-3H3/t13-,14-,15+,16+/m1/s1. The summed E-state index contributed by atoms with van der Waals surface area (Å²) in [6, 6.07) is 9.85. The van der Waals surface area contributed by atoms with Crippen molar-refractivity contribution in [2.45, 2.75) is 40.0 Å². The molecule has 102 valence electrons. The normalized spacial score (nSPS) is 33.6. The van der Waals surface area contributed by atoms with Gasteiger partial charge in [-0.05, 0) is 42.4 Å². The maximum absolute atomic E-state index is 12.5. The van der Waals surface area contributed by atoms with Crippen LogP contribution in [0.2, 0.25) is 0 Å². The topological polar surface area (TPSA) is 17.1 Å². The van der Waals surface area contributed by atoms with Crippen LogP contribution in [0, 0.1) is 29.1 Å². The summed E-state index contributed by atoms with van der Waals surface area (Å²) < 4.78 is 0. The number of rotatable bonds is 2. The first-order chi connectivity index (χ1) is 8.98. The SMILES string of the molecule is CC(C)(C)[C@@H]1CC[C@@H]2[C@H](C1)[C@H]2C(=O)c1ccccc1. The lowest BCUT2D eigenvalue weighted by atomic mass is 9.72. The van der Waals surface area contributed by atoms with Crippen molar-refractivity contribution in [1.29, 1.82) is 0 Å². The maximum Gasteiger partial charge on any atom is 0.166 e. The molecule has 19 heavy (non-hydrogen) atoms. The monoisotopic (exact) mass is 256 g/mol. The predicted octanol–water partition coefficient (Wildman–Crippen LogP) is 4.58. The summed E-state index contributed by atoms with van der Waals surface area (Å²) in [4.78, 5) is 12.5. The zero-order valence-corrected chi connectivity index (χ0v) is 12.2. The number of fused-ring (bicyclic) bond motifs is 1. The molecule has 2 fully saturated rings. The van der Waals surface area contributed by atoms with Crippen LogP contribution in [0.4, 0.5) is 0 Å². The zero-order chi connectivity index (χ0) is 13.6. The van der Waals surface area contributed by atoms with Crippen molar-refractivity contribution in [1.82, 2.24) is 0 Å². The summed E-state index contributed by atoms with van der Waals surface area (Å²) in [7, 11) is 0. The number of Topliss-reactive ketones (excluding diaryl/α,β-unsaturated/α-hetero) is 1. The molecule has 0 heterocycles. The van der Waals surface area contributed by atoms with E-state index in [4.69, 9.17) is 0 Å². The lowest BCUT2D eigenvalue weighted by molar-refractivity contribution is 0.0955. The van der Waals surface area contributed by atoms with Crippen LogP contribution in [0.3, 0.4) is 0 Å². The van der Waals surface area contributed by atoms with Gasteiger partial charge in [-0.3, -0.25) is 4.79 Å². The lowest BCUT2D eigenvalue weighted by Crippen LogP contribution is -2.23. The molecule has 0 N–H and O–H groups in total. The minimum Gasteiger partial charge on any atom is -0.294 e. The third-order valence-corrected chi connectivity index (χ3v) is 5.32. The van der Waals surface area contributed by atoms with Gasteiger partial charge in [0.2, 0.25) is 0 Å². The van der Waals surface area contributed by atoms with Crippen molar-refractivity contribution in [2.24, 2.45) is 29.1 Å². The second-order valence-corrected chi connectivity index (χ2v) is 7.46. The first-order valence-corrected chi connectivity index (χ1v) is 7.58. The largest absolute Gasteiger partial charge is 0.294 e. The van der Waals surface area contributed by atoms with Crippen LogP contribution in [0.15, 0.2) is 30.3 Å². The minimum atomic E-state index is 0.328. The van der Waals surface area contributed by atoms with Crippen LogP contribution in [0.25, 0.3) is 0 Å². The van der Waals surface area contributed by atoms with Gasteiger partial charge < -0.3 is 0 Å². The summed E-state index contributed by atoms with van der Waals surface area (Å²) in [5, 5.41) is 0. The van der Waals surface area contributed by atoms with Gasteiger partial charge in [-0.15, -0.1) is 0 Å². The second-order valence-electron chi connectivity index (χ2n) is 7.46. The van der Waals surface area contributed by atoms with E-state index in [0.29, 0.717) is 29.0 Å². The van der Waals surface area contributed by atoms with Crippen LogP contribution in [0.1, 0.15) is 50.4 Å². The Morgan fingerprint density at radius 1 is 1.05 bits per heavy atom. The van der Waals surface area contributed by atoms with Crippen LogP contribution in [-0.4, -0.2) is 5.78 Å². The Morgan fingerprint density at radius 2 is 1.74 bits per heavy atom. The van der Waals surface area contributed by atoms with Crippen LogP contribution in [-0.2, 0) is 0 Å². The molecule has 4 atom stereocenters. The van der Waals surface area contributed by atoms with Gasteiger partial charge in [0.1, 0.15) is 0 Å². The van der Waals surface area contributed by atoms with Crippen molar-refractivity contribution >= 4 is 5.78 Å². The summed E-state index contributed by atoms with van der Waals surface area (Å²) >= 11 is 0. The zero-order valence-electron chi connectivity index (χ0n) is 12.2. The highest BCUT2D eigenvalue weighted by Gasteiger charge is 2.57. The fourth-order valence-corrected chi connectivity index (χ4v) is 3.97. The second kappa shape index (κ2) is 4.47. The van der Waals surface area contributed by atoms with Crippen molar-refractivity contribution in [3.8, 4) is 0 Å². The van der Waals surface area contributed by atoms with Gasteiger partial charge in [-0.1, -0.05) is 51.1 Å².